The Morgan fingerprint density at radius 1 is 1.19 bits per heavy atom. The number of amides is 1. The van der Waals surface area contributed by atoms with Crippen LogP contribution in [0.3, 0.4) is 0 Å². The van der Waals surface area contributed by atoms with Gasteiger partial charge in [0.2, 0.25) is 0 Å². The lowest BCUT2D eigenvalue weighted by molar-refractivity contribution is -0.118. The quantitative estimate of drug-likeness (QED) is 0.206. The number of hydrazone groups is 1. The fourth-order valence-electron chi connectivity index (χ4n) is 3.16. The topological polar surface area (TPSA) is 79.5 Å². The van der Waals surface area contributed by atoms with E-state index in [9.17, 15) is 9.90 Å². The van der Waals surface area contributed by atoms with E-state index in [0.717, 1.165) is 20.7 Å². The van der Waals surface area contributed by atoms with E-state index in [1.165, 1.54) is 29.1 Å². The maximum atomic E-state index is 12.3. The van der Waals surface area contributed by atoms with Gasteiger partial charge in [-0.05, 0) is 42.8 Å². The van der Waals surface area contributed by atoms with Crippen molar-refractivity contribution in [2.24, 2.45) is 5.10 Å². The molecule has 4 rings (SSSR count). The molecule has 0 bridgehead atoms. The van der Waals surface area contributed by atoms with Crippen molar-refractivity contribution < 1.29 is 9.90 Å². The highest BCUT2D eigenvalue weighted by molar-refractivity contribution is 9.10. The van der Waals surface area contributed by atoms with E-state index in [2.05, 4.69) is 62.2 Å². The van der Waals surface area contributed by atoms with Gasteiger partial charge in [-0.15, -0.1) is 0 Å². The molecule has 32 heavy (non-hydrogen) atoms. The Bertz CT molecular complexity index is 1290. The highest BCUT2D eigenvalue weighted by Gasteiger charge is 2.13. The molecule has 8 heteroatoms. The third-order valence-corrected chi connectivity index (χ3v) is 6.27. The average Bonchev–Trinajstić information content (AvgIpc) is 3.13. The van der Waals surface area contributed by atoms with Gasteiger partial charge in [-0.25, -0.2) is 10.4 Å². The van der Waals surface area contributed by atoms with Crippen molar-refractivity contribution in [1.82, 2.24) is 15.0 Å². The first-order chi connectivity index (χ1) is 15.5. The van der Waals surface area contributed by atoms with Gasteiger partial charge in [0.25, 0.3) is 5.91 Å². The summed E-state index contributed by atoms with van der Waals surface area (Å²) in [4.78, 5) is 17.0. The van der Waals surface area contributed by atoms with Crippen molar-refractivity contribution >= 4 is 50.8 Å². The Hall–Kier alpha value is -3.10. The predicted molar refractivity (Wildman–Crippen MR) is 132 cm³/mol. The van der Waals surface area contributed by atoms with Gasteiger partial charge < -0.3 is 9.67 Å². The molecular weight excluding hydrogens is 488 g/mol. The molecule has 1 aromatic heterocycles. The summed E-state index contributed by atoms with van der Waals surface area (Å²) in [5, 5.41) is 14.6. The molecule has 0 saturated heterocycles. The SMILES string of the molecule is Cc1ccc(Cn2c(SCC(=O)NN=Cc3cc(Br)ccc3O)nc3ccccc32)cc1. The molecule has 0 radical (unpaired) electrons. The molecule has 0 fully saturated rings. The molecule has 1 heterocycles. The Morgan fingerprint density at radius 2 is 1.97 bits per heavy atom. The number of benzene rings is 3. The van der Waals surface area contributed by atoms with Gasteiger partial charge in [-0.3, -0.25) is 4.79 Å². The minimum Gasteiger partial charge on any atom is -0.507 e. The number of aryl methyl sites for hydroxylation is 1. The summed E-state index contributed by atoms with van der Waals surface area (Å²) >= 11 is 4.71. The summed E-state index contributed by atoms with van der Waals surface area (Å²) in [7, 11) is 0. The number of fused-ring (bicyclic) bond motifs is 1. The first-order valence-electron chi connectivity index (χ1n) is 9.93. The summed E-state index contributed by atoms with van der Waals surface area (Å²) < 4.78 is 2.94. The van der Waals surface area contributed by atoms with Crippen LogP contribution in [0.15, 0.2) is 81.5 Å². The number of hydrogen-bond donors (Lipinski definition) is 2. The van der Waals surface area contributed by atoms with Crippen LogP contribution in [0.2, 0.25) is 0 Å². The van der Waals surface area contributed by atoms with Crippen LogP contribution in [0.4, 0.5) is 0 Å². The van der Waals surface area contributed by atoms with Crippen LogP contribution in [-0.4, -0.2) is 32.5 Å². The third kappa shape index (κ3) is 5.38. The van der Waals surface area contributed by atoms with Crippen LogP contribution in [0.25, 0.3) is 11.0 Å². The van der Waals surface area contributed by atoms with E-state index in [4.69, 9.17) is 4.98 Å². The van der Waals surface area contributed by atoms with Crippen LogP contribution >= 0.6 is 27.7 Å². The minimum atomic E-state index is -0.255. The second-order valence-electron chi connectivity index (χ2n) is 7.24. The Balaban J connectivity index is 1.45. The number of phenolic OH excluding ortho intramolecular Hbond substituents is 1. The fourth-order valence-corrected chi connectivity index (χ4v) is 4.34. The molecule has 4 aromatic rings. The van der Waals surface area contributed by atoms with E-state index in [1.54, 1.807) is 18.2 Å². The van der Waals surface area contributed by atoms with Gasteiger partial charge in [0, 0.05) is 10.0 Å². The molecule has 0 aliphatic rings. The summed E-state index contributed by atoms with van der Waals surface area (Å²) in [5.41, 5.74) is 7.32. The number of rotatable bonds is 7. The normalized spacial score (nSPS) is 11.3. The maximum absolute atomic E-state index is 12.3. The van der Waals surface area contributed by atoms with Crippen molar-refractivity contribution in [1.29, 1.82) is 0 Å². The molecule has 3 aromatic carbocycles. The van der Waals surface area contributed by atoms with E-state index < -0.39 is 0 Å². The Kier molecular flexibility index (Phi) is 6.92. The van der Waals surface area contributed by atoms with Gasteiger partial charge in [0.05, 0.1) is 29.5 Å². The number of carbonyl (C=O) groups excluding carboxylic acids is 1. The number of nitrogens with zero attached hydrogens (tertiary/aromatic N) is 3. The molecule has 1 amide bonds. The number of para-hydroxylation sites is 2. The zero-order valence-electron chi connectivity index (χ0n) is 17.3. The molecule has 162 valence electrons. The first-order valence-corrected chi connectivity index (χ1v) is 11.7. The zero-order valence-corrected chi connectivity index (χ0v) is 19.7. The fraction of sp³-hybridized carbons (Fsp3) is 0.125. The van der Waals surface area contributed by atoms with Crippen LogP contribution < -0.4 is 5.43 Å². The maximum Gasteiger partial charge on any atom is 0.250 e. The van der Waals surface area contributed by atoms with Gasteiger partial charge in [-0.2, -0.15) is 5.10 Å². The average molecular weight is 509 g/mol. The van der Waals surface area contributed by atoms with E-state index in [1.807, 2.05) is 24.3 Å². The molecular formula is C24H21BrN4O2S. The summed E-state index contributed by atoms with van der Waals surface area (Å²) in [6, 6.07) is 21.4. The smallest absolute Gasteiger partial charge is 0.250 e. The molecule has 2 N–H and O–H groups in total. The van der Waals surface area contributed by atoms with Crippen LogP contribution in [0.5, 0.6) is 5.75 Å². The van der Waals surface area contributed by atoms with Crippen molar-refractivity contribution in [2.45, 2.75) is 18.6 Å². The summed E-state index contributed by atoms with van der Waals surface area (Å²) in [6.07, 6.45) is 1.41. The van der Waals surface area contributed by atoms with Gasteiger partial charge >= 0.3 is 0 Å². The van der Waals surface area contributed by atoms with Crippen molar-refractivity contribution in [3.8, 4) is 5.75 Å². The number of imidazole rings is 1. The number of hydrogen-bond acceptors (Lipinski definition) is 5. The zero-order chi connectivity index (χ0) is 22.5. The monoisotopic (exact) mass is 508 g/mol. The molecule has 0 aliphatic heterocycles. The predicted octanol–water partition coefficient (Wildman–Crippen LogP) is 5.10. The highest BCUT2D eigenvalue weighted by atomic mass is 79.9. The number of halogens is 1. The Morgan fingerprint density at radius 3 is 2.78 bits per heavy atom. The van der Waals surface area contributed by atoms with Gasteiger partial charge in [0.15, 0.2) is 5.16 Å². The lowest BCUT2D eigenvalue weighted by Gasteiger charge is -2.09. The molecule has 0 spiro atoms. The van der Waals surface area contributed by atoms with Gasteiger partial charge in [-0.1, -0.05) is 69.7 Å². The van der Waals surface area contributed by atoms with E-state index in [0.29, 0.717) is 12.1 Å². The second-order valence-corrected chi connectivity index (χ2v) is 9.10. The molecule has 0 unspecified atom stereocenters. The molecule has 0 aliphatic carbocycles. The number of aromatic hydroxyl groups is 1. The van der Waals surface area contributed by atoms with Crippen LogP contribution in [-0.2, 0) is 11.3 Å². The minimum absolute atomic E-state index is 0.0883. The lowest BCUT2D eigenvalue weighted by Crippen LogP contribution is -2.20. The Labute approximate surface area is 198 Å². The first kappa shape index (κ1) is 22.1. The second kappa shape index (κ2) is 10.0. The van der Waals surface area contributed by atoms with Gasteiger partial charge in [0.1, 0.15) is 5.75 Å². The third-order valence-electron chi connectivity index (χ3n) is 4.80. The standard InChI is InChI=1S/C24H21BrN4O2S/c1-16-6-8-17(9-7-16)14-29-21-5-3-2-4-20(21)27-24(29)32-15-23(31)28-26-13-18-12-19(25)10-11-22(18)30/h2-13,30H,14-15H2,1H3,(H,28,31). The summed E-state index contributed by atoms with van der Waals surface area (Å²) in [6.45, 7) is 2.74. The van der Waals surface area contributed by atoms with Crippen molar-refractivity contribution in [2.75, 3.05) is 5.75 Å². The number of phenols is 1. The lowest BCUT2D eigenvalue weighted by atomic mass is 10.1. The van der Waals surface area contributed by atoms with E-state index in [-0.39, 0.29) is 17.4 Å². The number of nitrogens with one attached hydrogen (secondary N) is 1. The van der Waals surface area contributed by atoms with Crippen LogP contribution in [0.1, 0.15) is 16.7 Å². The van der Waals surface area contributed by atoms with Crippen LogP contribution in [0, 0.1) is 6.92 Å². The molecule has 6 nitrogen and oxygen atoms in total. The highest BCUT2D eigenvalue weighted by Crippen LogP contribution is 2.25. The van der Waals surface area contributed by atoms with Crippen molar-refractivity contribution in [3.63, 3.8) is 0 Å². The number of carbonyl (C=O) groups is 1. The number of aromatic nitrogens is 2. The van der Waals surface area contributed by atoms with E-state index >= 15 is 0 Å². The largest absolute Gasteiger partial charge is 0.507 e. The number of thioether (sulfide) groups is 1. The molecule has 0 atom stereocenters. The van der Waals surface area contributed by atoms with Crippen molar-refractivity contribution in [3.05, 3.63) is 87.9 Å². The molecule has 0 saturated carbocycles. The summed E-state index contributed by atoms with van der Waals surface area (Å²) in [5.74, 6) is -0.000896.